The van der Waals surface area contributed by atoms with E-state index in [1.165, 1.54) is 64.7 Å². The highest BCUT2D eigenvalue weighted by molar-refractivity contribution is 7.20. The minimum absolute atomic E-state index is 1.10. The van der Waals surface area contributed by atoms with E-state index in [-0.39, 0.29) is 0 Å². The number of aryl methyl sites for hydroxylation is 1. The maximum atomic E-state index is 2.45. The topological polar surface area (TPSA) is 3.24 Å². The number of thiophene rings is 1. The van der Waals surface area contributed by atoms with E-state index in [1.807, 2.05) is 11.3 Å². The first kappa shape index (κ1) is 28.5. The van der Waals surface area contributed by atoms with Gasteiger partial charge in [-0.3, -0.25) is 0 Å². The second kappa shape index (κ2) is 12.2. The largest absolute Gasteiger partial charge is 0.310 e. The lowest BCUT2D eigenvalue weighted by Crippen LogP contribution is -2.11. The number of rotatable bonds is 6. The monoisotopic (exact) mass is 631 g/mol. The fourth-order valence-corrected chi connectivity index (χ4v) is 8.36. The number of nitrogens with zero attached hydrogens (tertiary/aromatic N) is 1. The highest BCUT2D eigenvalue weighted by atomic mass is 32.1. The zero-order chi connectivity index (χ0) is 31.9. The van der Waals surface area contributed by atoms with Crippen LogP contribution in [-0.2, 0) is 6.42 Å². The minimum Gasteiger partial charge on any atom is -0.310 e. The molecule has 1 aliphatic carbocycles. The Labute approximate surface area is 285 Å². The summed E-state index contributed by atoms with van der Waals surface area (Å²) in [5.41, 5.74) is 12.2. The van der Waals surface area contributed by atoms with Crippen molar-refractivity contribution >= 4 is 55.3 Å². The summed E-state index contributed by atoms with van der Waals surface area (Å²) in [5, 5.41) is 3.88. The molecule has 9 rings (SSSR count). The molecule has 0 N–H and O–H groups in total. The fraction of sp³-hybridized carbons (Fsp3) is 0.0435. The van der Waals surface area contributed by atoms with E-state index < -0.39 is 0 Å². The van der Waals surface area contributed by atoms with Gasteiger partial charge in [-0.2, -0.15) is 0 Å². The second-order valence-corrected chi connectivity index (χ2v) is 13.5. The van der Waals surface area contributed by atoms with Crippen LogP contribution < -0.4 is 4.90 Å². The molecule has 0 spiro atoms. The molecule has 0 saturated heterocycles. The zero-order valence-electron chi connectivity index (χ0n) is 26.5. The minimum atomic E-state index is 1.10. The average molecular weight is 632 g/mol. The fourth-order valence-electron chi connectivity index (χ4n) is 7.20. The Balaban J connectivity index is 1.28. The number of benzene rings is 7. The molecule has 1 aromatic heterocycles. The number of allylic oxidation sites excluding steroid dienone is 1. The van der Waals surface area contributed by atoms with Crippen LogP contribution in [0.1, 0.15) is 16.9 Å². The molecule has 0 bridgehead atoms. The summed E-state index contributed by atoms with van der Waals surface area (Å²) < 4.78 is 1.36. The van der Waals surface area contributed by atoms with Gasteiger partial charge in [0.05, 0.1) is 5.69 Å². The van der Waals surface area contributed by atoms with Gasteiger partial charge in [0, 0.05) is 26.5 Å². The van der Waals surface area contributed by atoms with E-state index in [1.54, 1.807) is 0 Å². The summed E-state index contributed by atoms with van der Waals surface area (Å²) in [6.45, 7) is 0. The van der Waals surface area contributed by atoms with Gasteiger partial charge in [-0.15, -0.1) is 11.3 Å². The molecule has 0 amide bonds. The van der Waals surface area contributed by atoms with Crippen LogP contribution in [0.3, 0.4) is 0 Å². The van der Waals surface area contributed by atoms with Crippen molar-refractivity contribution in [1.29, 1.82) is 0 Å². The number of hydrogen-bond acceptors (Lipinski definition) is 2. The Morgan fingerprint density at radius 2 is 1.17 bits per heavy atom. The van der Waals surface area contributed by atoms with E-state index in [9.17, 15) is 0 Å². The highest BCUT2D eigenvalue weighted by Crippen LogP contribution is 2.47. The standard InChI is InChI=1S/C46H33NS/c1-3-12-32(13-4-1)34-22-26-38(27-23-34)47(39-18-11-17-36(30-39)33-14-5-2-6-15-33)43-28-24-35-16-7-8-19-40(35)46(43)37-25-29-45-42(31-37)41-20-9-10-21-44(41)48-45/h1-8,10-19,21-31H,9,20H2. The molecule has 7 aromatic carbocycles. The lowest BCUT2D eigenvalue weighted by atomic mass is 9.92. The first-order chi connectivity index (χ1) is 23.8. The quantitative estimate of drug-likeness (QED) is 0.176. The molecule has 1 nitrogen and oxygen atoms in total. The Kier molecular flexibility index (Phi) is 7.22. The van der Waals surface area contributed by atoms with E-state index in [4.69, 9.17) is 0 Å². The second-order valence-electron chi connectivity index (χ2n) is 12.4. The molecule has 48 heavy (non-hydrogen) atoms. The van der Waals surface area contributed by atoms with Crippen LogP contribution in [0.25, 0.3) is 60.3 Å². The molecule has 1 heterocycles. The first-order valence-corrected chi connectivity index (χ1v) is 17.5. The van der Waals surface area contributed by atoms with Crippen LogP contribution in [0.4, 0.5) is 17.1 Å². The van der Waals surface area contributed by atoms with Gasteiger partial charge in [0.25, 0.3) is 0 Å². The lowest BCUT2D eigenvalue weighted by Gasteiger charge is -2.29. The average Bonchev–Trinajstić information content (AvgIpc) is 3.54. The molecular weight excluding hydrogens is 599 g/mol. The molecule has 1 aliphatic rings. The molecule has 0 radical (unpaired) electrons. The van der Waals surface area contributed by atoms with Crippen molar-refractivity contribution in [2.45, 2.75) is 12.8 Å². The molecule has 0 unspecified atom stereocenters. The summed E-state index contributed by atoms with van der Waals surface area (Å²) in [4.78, 5) is 3.85. The maximum absolute atomic E-state index is 2.45. The van der Waals surface area contributed by atoms with Gasteiger partial charge in [-0.05, 0) is 111 Å². The molecule has 0 aliphatic heterocycles. The lowest BCUT2D eigenvalue weighted by molar-refractivity contribution is 1.01. The van der Waals surface area contributed by atoms with Gasteiger partial charge in [0.1, 0.15) is 0 Å². The molecule has 8 aromatic rings. The Morgan fingerprint density at radius 3 is 1.98 bits per heavy atom. The third kappa shape index (κ3) is 5.12. The van der Waals surface area contributed by atoms with Crippen molar-refractivity contribution in [2.75, 3.05) is 4.90 Å². The predicted octanol–water partition coefficient (Wildman–Crippen LogP) is 13.5. The van der Waals surface area contributed by atoms with Crippen molar-refractivity contribution in [2.24, 2.45) is 0 Å². The molecule has 0 saturated carbocycles. The van der Waals surface area contributed by atoms with Crippen LogP contribution >= 0.6 is 11.3 Å². The molecule has 0 atom stereocenters. The van der Waals surface area contributed by atoms with Gasteiger partial charge < -0.3 is 4.90 Å². The predicted molar refractivity (Wildman–Crippen MR) is 208 cm³/mol. The van der Waals surface area contributed by atoms with Gasteiger partial charge in [-0.1, -0.05) is 127 Å². The summed E-state index contributed by atoms with van der Waals surface area (Å²) in [5.74, 6) is 0. The summed E-state index contributed by atoms with van der Waals surface area (Å²) in [7, 11) is 0. The zero-order valence-corrected chi connectivity index (χ0v) is 27.3. The van der Waals surface area contributed by atoms with Crippen molar-refractivity contribution in [3.63, 3.8) is 0 Å². The van der Waals surface area contributed by atoms with Crippen LogP contribution in [-0.4, -0.2) is 0 Å². The van der Waals surface area contributed by atoms with Gasteiger partial charge >= 0.3 is 0 Å². The summed E-state index contributed by atoms with van der Waals surface area (Å²) in [6.07, 6.45) is 6.83. The molecule has 0 fully saturated rings. The van der Waals surface area contributed by atoms with Crippen LogP contribution in [0, 0.1) is 0 Å². The SMILES string of the molecule is C1=Cc2sc3ccc(-c4c(N(c5ccc(-c6ccccc6)cc5)c5cccc(-c6ccccc6)c5)ccc5ccccc45)cc3c2CC1. The Hall–Kier alpha value is -5.70. The smallest absolute Gasteiger partial charge is 0.0546 e. The maximum Gasteiger partial charge on any atom is 0.0546 e. The van der Waals surface area contributed by atoms with Crippen molar-refractivity contribution in [3.8, 4) is 33.4 Å². The molecular formula is C46H33NS. The van der Waals surface area contributed by atoms with Crippen LogP contribution in [0.15, 0.2) is 170 Å². The molecule has 228 valence electrons. The number of hydrogen-bond donors (Lipinski definition) is 0. The van der Waals surface area contributed by atoms with Gasteiger partial charge in [0.15, 0.2) is 0 Å². The van der Waals surface area contributed by atoms with E-state index in [2.05, 4.69) is 181 Å². The van der Waals surface area contributed by atoms with Crippen LogP contribution in [0.5, 0.6) is 0 Å². The van der Waals surface area contributed by atoms with E-state index >= 15 is 0 Å². The third-order valence-electron chi connectivity index (χ3n) is 9.53. The molecule has 2 heteroatoms. The number of anilines is 3. The normalized spacial score (nSPS) is 12.3. The van der Waals surface area contributed by atoms with Crippen molar-refractivity contribution in [1.82, 2.24) is 0 Å². The van der Waals surface area contributed by atoms with Crippen molar-refractivity contribution < 1.29 is 0 Å². The highest BCUT2D eigenvalue weighted by Gasteiger charge is 2.21. The van der Waals surface area contributed by atoms with Gasteiger partial charge in [-0.25, -0.2) is 0 Å². The van der Waals surface area contributed by atoms with E-state index in [0.717, 1.165) is 29.9 Å². The third-order valence-corrected chi connectivity index (χ3v) is 10.7. The van der Waals surface area contributed by atoms with Crippen LogP contribution in [0.2, 0.25) is 0 Å². The Morgan fingerprint density at radius 1 is 0.479 bits per heavy atom. The summed E-state index contributed by atoms with van der Waals surface area (Å²) >= 11 is 1.91. The Bertz CT molecular complexity index is 2440. The van der Waals surface area contributed by atoms with Gasteiger partial charge in [0.2, 0.25) is 0 Å². The van der Waals surface area contributed by atoms with E-state index in [0.29, 0.717) is 0 Å². The number of fused-ring (bicyclic) bond motifs is 4. The summed E-state index contributed by atoms with van der Waals surface area (Å²) in [6, 6.07) is 59.8. The van der Waals surface area contributed by atoms with Crippen molar-refractivity contribution in [3.05, 3.63) is 180 Å². The first-order valence-electron chi connectivity index (χ1n) is 16.7.